The average molecular weight is 292 g/mol. The number of rotatable bonds is 7. The summed E-state index contributed by atoms with van der Waals surface area (Å²) in [6, 6.07) is 0. The third-order valence-electron chi connectivity index (χ3n) is 1.53. The number of unbranched alkanes of at least 4 members (excludes halogenated alkanes) is 3. The number of hydrogen-bond acceptors (Lipinski definition) is 4. The van der Waals surface area contributed by atoms with E-state index in [2.05, 4.69) is 0 Å². The SMILES string of the molecule is O=C(O)CCCCCCC(=O)O.[O]=[Cr](=[O])([OH])[OH]. The van der Waals surface area contributed by atoms with Crippen molar-refractivity contribution in [1.29, 1.82) is 0 Å². The molecule has 0 unspecified atom stereocenters. The molecule has 0 saturated carbocycles. The number of aliphatic carboxylic acids is 2. The molecule has 0 radical (unpaired) electrons. The molecule has 4 N–H and O–H groups in total. The third kappa shape index (κ3) is 39.6. The molecule has 0 aromatic carbocycles. The topological polar surface area (TPSA) is 149 Å². The number of hydrogen-bond donors (Lipinski definition) is 4. The normalized spacial score (nSPS) is 10.2. The fraction of sp³-hybridized carbons (Fsp3) is 0.750. The van der Waals surface area contributed by atoms with Crippen molar-refractivity contribution < 1.29 is 49.3 Å². The Hall–Kier alpha value is -1.01. The first-order chi connectivity index (χ1) is 7.63. The zero-order valence-electron chi connectivity index (χ0n) is 9.07. The molecule has 0 aliphatic carbocycles. The van der Waals surface area contributed by atoms with E-state index in [4.69, 9.17) is 26.1 Å². The summed E-state index contributed by atoms with van der Waals surface area (Å²) in [6.07, 6.45) is 3.28. The van der Waals surface area contributed by atoms with Crippen LogP contribution in [0.5, 0.6) is 0 Å². The van der Waals surface area contributed by atoms with Gasteiger partial charge in [0.25, 0.3) is 0 Å². The Balaban J connectivity index is 0. The Bertz CT molecular complexity index is 294. The molecule has 0 fully saturated rings. The van der Waals surface area contributed by atoms with Gasteiger partial charge in [-0.2, -0.15) is 0 Å². The van der Waals surface area contributed by atoms with Gasteiger partial charge in [0, 0.05) is 12.8 Å². The van der Waals surface area contributed by atoms with Crippen LogP contribution < -0.4 is 0 Å². The van der Waals surface area contributed by atoms with Gasteiger partial charge in [-0.15, -0.1) is 0 Å². The molecule has 9 heteroatoms. The summed E-state index contributed by atoms with van der Waals surface area (Å²) in [6.45, 7) is 0. The monoisotopic (exact) mass is 292 g/mol. The molecular weight excluding hydrogens is 276 g/mol. The van der Waals surface area contributed by atoms with Gasteiger partial charge in [0.15, 0.2) is 0 Å². The van der Waals surface area contributed by atoms with E-state index >= 15 is 0 Å². The van der Waals surface area contributed by atoms with Crippen molar-refractivity contribution >= 4 is 11.9 Å². The van der Waals surface area contributed by atoms with Gasteiger partial charge < -0.3 is 10.2 Å². The van der Waals surface area contributed by atoms with E-state index in [1.54, 1.807) is 0 Å². The molecule has 0 rings (SSSR count). The van der Waals surface area contributed by atoms with E-state index < -0.39 is 25.6 Å². The van der Waals surface area contributed by atoms with Crippen molar-refractivity contribution in [3.63, 3.8) is 0 Å². The van der Waals surface area contributed by atoms with Gasteiger partial charge in [0.2, 0.25) is 0 Å². The molecule has 8 nitrogen and oxygen atoms in total. The van der Waals surface area contributed by atoms with E-state index in [1.807, 2.05) is 0 Å². The van der Waals surface area contributed by atoms with Gasteiger partial charge in [-0.05, 0) is 12.8 Å². The predicted octanol–water partition coefficient (Wildman–Crippen LogP) is 0.142. The number of carboxylic acid groups (broad SMARTS) is 2. The fourth-order valence-electron chi connectivity index (χ4n) is 0.906. The zero-order chi connectivity index (χ0) is 13.9. The molecule has 17 heavy (non-hydrogen) atoms. The molecule has 0 amide bonds. The van der Waals surface area contributed by atoms with Crippen molar-refractivity contribution in [3.05, 3.63) is 0 Å². The Morgan fingerprint density at radius 1 is 0.765 bits per heavy atom. The quantitative estimate of drug-likeness (QED) is 0.484. The van der Waals surface area contributed by atoms with Gasteiger partial charge >= 0.3 is 41.5 Å². The fourth-order valence-corrected chi connectivity index (χ4v) is 0.906. The van der Waals surface area contributed by atoms with Crippen LogP contribution >= 0.6 is 0 Å². The van der Waals surface area contributed by atoms with E-state index in [9.17, 15) is 9.59 Å². The third-order valence-corrected chi connectivity index (χ3v) is 1.53. The number of carbonyl (C=O) groups is 2. The Morgan fingerprint density at radius 2 is 1.00 bits per heavy atom. The van der Waals surface area contributed by atoms with Crippen molar-refractivity contribution in [2.45, 2.75) is 38.5 Å². The molecule has 0 aromatic heterocycles. The predicted molar refractivity (Wildman–Crippen MR) is 48.8 cm³/mol. The van der Waals surface area contributed by atoms with Crippen LogP contribution in [0, 0.1) is 0 Å². The first kappa shape index (κ1) is 18.4. The first-order valence-electron chi connectivity index (χ1n) is 4.76. The molecule has 0 atom stereocenters. The molecule has 0 heterocycles. The van der Waals surface area contributed by atoms with E-state index in [0.717, 1.165) is 12.8 Å². The van der Waals surface area contributed by atoms with Gasteiger partial charge in [0.1, 0.15) is 0 Å². The number of carboxylic acids is 2. The second-order valence-corrected chi connectivity index (χ2v) is 4.55. The molecule has 0 aliphatic rings. The van der Waals surface area contributed by atoms with Crippen molar-refractivity contribution in [3.8, 4) is 0 Å². The van der Waals surface area contributed by atoms with E-state index in [0.29, 0.717) is 12.8 Å². The summed E-state index contributed by atoms with van der Waals surface area (Å²) in [5.41, 5.74) is 0. The Morgan fingerprint density at radius 3 is 1.18 bits per heavy atom. The van der Waals surface area contributed by atoms with Crippen LogP contribution in [0.4, 0.5) is 0 Å². The van der Waals surface area contributed by atoms with Crippen molar-refractivity contribution in [1.82, 2.24) is 0 Å². The summed E-state index contributed by atoms with van der Waals surface area (Å²) < 4.78 is 31.9. The van der Waals surface area contributed by atoms with E-state index in [1.165, 1.54) is 0 Å². The van der Waals surface area contributed by atoms with E-state index in [-0.39, 0.29) is 12.8 Å². The van der Waals surface area contributed by atoms with Gasteiger partial charge in [-0.3, -0.25) is 9.59 Å². The summed E-state index contributed by atoms with van der Waals surface area (Å²) in [5.74, 6) is -1.57. The average Bonchev–Trinajstić information content (AvgIpc) is 2.07. The van der Waals surface area contributed by atoms with Crippen LogP contribution in [0.2, 0.25) is 0 Å². The zero-order valence-corrected chi connectivity index (χ0v) is 10.3. The summed E-state index contributed by atoms with van der Waals surface area (Å²) in [5, 5.41) is 16.5. The van der Waals surface area contributed by atoms with Crippen LogP contribution in [-0.4, -0.2) is 30.5 Å². The van der Waals surface area contributed by atoms with Gasteiger partial charge in [-0.1, -0.05) is 12.8 Å². The van der Waals surface area contributed by atoms with Crippen molar-refractivity contribution in [2.75, 3.05) is 0 Å². The first-order valence-corrected chi connectivity index (χ1v) is 6.94. The van der Waals surface area contributed by atoms with Gasteiger partial charge in [-0.25, -0.2) is 0 Å². The van der Waals surface area contributed by atoms with Crippen LogP contribution in [-0.2, 0) is 30.8 Å². The standard InChI is InChI=1S/C8H14O4.Cr.2H2O.2O/c9-7(10)5-3-1-2-4-6-8(11)12;;;;;/h1-6H2,(H,9,10)(H,11,12);;2*1H2;;/q;+2;;;;/p-2. The molecule has 0 bridgehead atoms. The van der Waals surface area contributed by atoms with Crippen LogP contribution in [0.1, 0.15) is 38.5 Å². The minimum absolute atomic E-state index is 0.188. The minimum atomic E-state index is -5.25. The Kier molecular flexibility index (Phi) is 11.0. The second-order valence-electron chi connectivity index (χ2n) is 3.15. The molecule has 0 aromatic rings. The van der Waals surface area contributed by atoms with Crippen LogP contribution in [0.25, 0.3) is 0 Å². The van der Waals surface area contributed by atoms with Crippen molar-refractivity contribution in [2.24, 2.45) is 0 Å². The summed E-state index contributed by atoms with van der Waals surface area (Å²) in [7, 11) is 0. The molecule has 0 aliphatic heterocycles. The summed E-state index contributed by atoms with van der Waals surface area (Å²) >= 11 is -5.25. The second kappa shape index (κ2) is 10.2. The van der Waals surface area contributed by atoms with Gasteiger partial charge in [0.05, 0.1) is 0 Å². The maximum absolute atomic E-state index is 10.0. The molecule has 0 spiro atoms. The molecule has 0 saturated heterocycles. The molecule has 102 valence electrons. The molecular formula is C8H16CrO8. The summed E-state index contributed by atoms with van der Waals surface area (Å²) in [4.78, 5) is 20.1. The maximum atomic E-state index is 10.0. The van der Waals surface area contributed by atoms with Crippen LogP contribution in [0.3, 0.4) is 0 Å². The van der Waals surface area contributed by atoms with Crippen LogP contribution in [0.15, 0.2) is 0 Å². The Labute approximate surface area is 100 Å².